The van der Waals surface area contributed by atoms with E-state index in [1.54, 1.807) is 6.07 Å². The van der Waals surface area contributed by atoms with Crippen LogP contribution in [0.15, 0.2) is 23.1 Å². The zero-order valence-electron chi connectivity index (χ0n) is 10.7. The van der Waals surface area contributed by atoms with Crippen LogP contribution in [-0.4, -0.2) is 38.9 Å². The molecule has 0 radical (unpaired) electrons. The van der Waals surface area contributed by atoms with Crippen LogP contribution in [0.1, 0.15) is 5.56 Å². The summed E-state index contributed by atoms with van der Waals surface area (Å²) in [6.45, 7) is 2.48. The number of nitrogens with zero attached hydrogens (tertiary/aromatic N) is 2. The second kappa shape index (κ2) is 4.81. The predicted molar refractivity (Wildman–Crippen MR) is 69.7 cm³/mol. The minimum atomic E-state index is -3.80. The molecule has 0 spiro atoms. The molecule has 2 heterocycles. The van der Waals surface area contributed by atoms with Gasteiger partial charge >= 0.3 is 0 Å². The first kappa shape index (κ1) is 13.5. The molecule has 0 saturated carbocycles. The molecule has 1 N–H and O–H groups in total. The average molecular weight is 295 g/mol. The minimum Gasteiger partial charge on any atom is -0.316 e. The van der Waals surface area contributed by atoms with E-state index in [4.69, 9.17) is 5.26 Å². The summed E-state index contributed by atoms with van der Waals surface area (Å²) in [5.41, 5.74) is -0.400. The molecule has 5 nitrogen and oxygen atoms in total. The van der Waals surface area contributed by atoms with Crippen molar-refractivity contribution in [1.82, 2.24) is 9.62 Å². The molecule has 0 unspecified atom stereocenters. The first-order chi connectivity index (χ1) is 9.54. The van der Waals surface area contributed by atoms with Gasteiger partial charge in [0.15, 0.2) is 0 Å². The van der Waals surface area contributed by atoms with E-state index in [0.717, 1.165) is 19.2 Å². The molecule has 2 saturated heterocycles. The van der Waals surface area contributed by atoms with Crippen molar-refractivity contribution in [3.8, 4) is 6.07 Å². The molecule has 3 rings (SSSR count). The monoisotopic (exact) mass is 295 g/mol. The smallest absolute Gasteiger partial charge is 0.244 e. The lowest BCUT2D eigenvalue weighted by atomic mass is 10.0. The third-order valence-electron chi connectivity index (χ3n) is 4.06. The van der Waals surface area contributed by atoms with Crippen molar-refractivity contribution in [2.75, 3.05) is 26.2 Å². The van der Waals surface area contributed by atoms with Crippen molar-refractivity contribution < 1.29 is 12.8 Å². The van der Waals surface area contributed by atoms with Gasteiger partial charge in [0.25, 0.3) is 0 Å². The van der Waals surface area contributed by atoms with Crippen LogP contribution in [0.25, 0.3) is 0 Å². The number of nitriles is 1. The fourth-order valence-electron chi connectivity index (χ4n) is 2.98. The van der Waals surface area contributed by atoms with Crippen molar-refractivity contribution in [3.05, 3.63) is 29.6 Å². The SMILES string of the molecule is N#Cc1c(F)cccc1S(=O)(=O)N1C[C@H]2CNC[C@H]2C1. The molecule has 2 fully saturated rings. The van der Waals surface area contributed by atoms with E-state index >= 15 is 0 Å². The molecule has 0 bridgehead atoms. The summed E-state index contributed by atoms with van der Waals surface area (Å²) < 4.78 is 40.1. The van der Waals surface area contributed by atoms with Crippen molar-refractivity contribution in [2.45, 2.75) is 4.90 Å². The van der Waals surface area contributed by atoms with Crippen molar-refractivity contribution in [3.63, 3.8) is 0 Å². The van der Waals surface area contributed by atoms with Gasteiger partial charge < -0.3 is 5.32 Å². The molecule has 2 aliphatic rings. The van der Waals surface area contributed by atoms with Gasteiger partial charge in [0.1, 0.15) is 22.3 Å². The van der Waals surface area contributed by atoms with Gasteiger partial charge in [-0.1, -0.05) is 6.07 Å². The molecule has 0 amide bonds. The Morgan fingerprint density at radius 3 is 2.55 bits per heavy atom. The maximum Gasteiger partial charge on any atom is 0.244 e. The van der Waals surface area contributed by atoms with Gasteiger partial charge in [0.2, 0.25) is 10.0 Å². The zero-order valence-corrected chi connectivity index (χ0v) is 11.5. The Kier molecular flexibility index (Phi) is 3.24. The molecule has 106 valence electrons. The summed E-state index contributed by atoms with van der Waals surface area (Å²) in [5.74, 6) is -0.178. The van der Waals surface area contributed by atoms with E-state index in [1.165, 1.54) is 16.4 Å². The van der Waals surface area contributed by atoms with Crippen LogP contribution < -0.4 is 5.32 Å². The molecule has 20 heavy (non-hydrogen) atoms. The van der Waals surface area contributed by atoms with Gasteiger partial charge in [0, 0.05) is 13.1 Å². The number of hydrogen-bond donors (Lipinski definition) is 1. The van der Waals surface area contributed by atoms with Crippen LogP contribution in [0.2, 0.25) is 0 Å². The lowest BCUT2D eigenvalue weighted by Gasteiger charge is -2.18. The molecule has 1 aromatic carbocycles. The topological polar surface area (TPSA) is 73.2 Å². The van der Waals surface area contributed by atoms with Gasteiger partial charge in [-0.3, -0.25) is 0 Å². The van der Waals surface area contributed by atoms with E-state index < -0.39 is 21.4 Å². The third-order valence-corrected chi connectivity index (χ3v) is 5.94. The molecular formula is C13H14FN3O2S. The number of hydrogen-bond acceptors (Lipinski definition) is 4. The Bertz CT molecular complexity index is 671. The quantitative estimate of drug-likeness (QED) is 0.864. The molecule has 2 atom stereocenters. The molecule has 0 aliphatic carbocycles. The predicted octanol–water partition coefficient (Wildman–Crippen LogP) is 0.537. The highest BCUT2D eigenvalue weighted by Gasteiger charge is 2.42. The molecule has 7 heteroatoms. The Labute approximate surface area is 117 Å². The van der Waals surface area contributed by atoms with E-state index in [1.807, 2.05) is 0 Å². The number of fused-ring (bicyclic) bond motifs is 1. The van der Waals surface area contributed by atoms with Crippen LogP contribution in [0.3, 0.4) is 0 Å². The van der Waals surface area contributed by atoms with Crippen molar-refractivity contribution >= 4 is 10.0 Å². The van der Waals surface area contributed by atoms with E-state index in [-0.39, 0.29) is 4.90 Å². The lowest BCUT2D eigenvalue weighted by molar-refractivity contribution is 0.447. The normalized spacial score (nSPS) is 26.4. The second-order valence-electron chi connectivity index (χ2n) is 5.23. The highest BCUT2D eigenvalue weighted by Crippen LogP contribution is 2.32. The van der Waals surface area contributed by atoms with E-state index in [0.29, 0.717) is 24.9 Å². The maximum atomic E-state index is 13.6. The van der Waals surface area contributed by atoms with Gasteiger partial charge in [-0.05, 0) is 37.1 Å². The average Bonchev–Trinajstić information content (AvgIpc) is 2.99. The zero-order chi connectivity index (χ0) is 14.3. The Balaban J connectivity index is 1.98. The van der Waals surface area contributed by atoms with Crippen LogP contribution in [-0.2, 0) is 10.0 Å². The largest absolute Gasteiger partial charge is 0.316 e. The van der Waals surface area contributed by atoms with Crippen molar-refractivity contribution in [1.29, 1.82) is 5.26 Å². The van der Waals surface area contributed by atoms with Crippen LogP contribution in [0.5, 0.6) is 0 Å². The number of sulfonamides is 1. The number of rotatable bonds is 2. The lowest BCUT2D eigenvalue weighted by Crippen LogP contribution is -2.32. The summed E-state index contributed by atoms with van der Waals surface area (Å²) in [4.78, 5) is -0.229. The molecule has 2 aliphatic heterocycles. The van der Waals surface area contributed by atoms with E-state index in [9.17, 15) is 12.8 Å². The highest BCUT2D eigenvalue weighted by molar-refractivity contribution is 7.89. The second-order valence-corrected chi connectivity index (χ2v) is 7.13. The molecule has 0 aromatic heterocycles. The Morgan fingerprint density at radius 1 is 1.30 bits per heavy atom. The molecular weight excluding hydrogens is 281 g/mol. The Morgan fingerprint density at radius 2 is 1.95 bits per heavy atom. The van der Waals surface area contributed by atoms with E-state index in [2.05, 4.69) is 5.32 Å². The van der Waals surface area contributed by atoms with Gasteiger partial charge in [-0.25, -0.2) is 12.8 Å². The Hall–Kier alpha value is -1.49. The summed E-state index contributed by atoms with van der Waals surface area (Å²) in [7, 11) is -3.80. The van der Waals surface area contributed by atoms with Gasteiger partial charge in [0.05, 0.1) is 0 Å². The number of halogens is 1. The summed E-state index contributed by atoms with van der Waals surface area (Å²) >= 11 is 0. The first-order valence-electron chi connectivity index (χ1n) is 6.43. The summed E-state index contributed by atoms with van der Waals surface area (Å²) in [6.07, 6.45) is 0. The minimum absolute atomic E-state index is 0.229. The fourth-order valence-corrected chi connectivity index (χ4v) is 4.68. The summed E-state index contributed by atoms with van der Waals surface area (Å²) in [6, 6.07) is 5.36. The maximum absolute atomic E-state index is 13.6. The standard InChI is InChI=1S/C13H14FN3O2S/c14-12-2-1-3-13(11(12)4-15)20(18,19)17-7-9-5-16-6-10(9)8-17/h1-3,9-10,16H,5-8H2/t9-,10+. The van der Waals surface area contributed by atoms with Gasteiger partial charge in [-0.15, -0.1) is 0 Å². The summed E-state index contributed by atoms with van der Waals surface area (Å²) in [5, 5.41) is 12.2. The first-order valence-corrected chi connectivity index (χ1v) is 7.87. The number of nitrogens with one attached hydrogen (secondary N) is 1. The van der Waals surface area contributed by atoms with Crippen LogP contribution >= 0.6 is 0 Å². The number of benzene rings is 1. The highest BCUT2D eigenvalue weighted by atomic mass is 32.2. The third kappa shape index (κ3) is 2.00. The fraction of sp³-hybridized carbons (Fsp3) is 0.462. The van der Waals surface area contributed by atoms with Crippen LogP contribution in [0, 0.1) is 29.0 Å². The van der Waals surface area contributed by atoms with Crippen molar-refractivity contribution in [2.24, 2.45) is 11.8 Å². The van der Waals surface area contributed by atoms with Crippen LogP contribution in [0.4, 0.5) is 4.39 Å². The molecule has 1 aromatic rings. The van der Waals surface area contributed by atoms with Gasteiger partial charge in [-0.2, -0.15) is 9.57 Å².